The largest absolute Gasteiger partial charge is 0.460 e. The van der Waals surface area contributed by atoms with Crippen LogP contribution in [0.15, 0.2) is 34.7 Å². The molecule has 0 bridgehead atoms. The number of nitrogens with one attached hydrogen (secondary N) is 1. The molecule has 6 heteroatoms. The van der Waals surface area contributed by atoms with Crippen LogP contribution in [0.25, 0.3) is 11.3 Å². The first-order valence-corrected chi connectivity index (χ1v) is 7.85. The molecule has 2 aromatic rings. The molecule has 0 aliphatic carbocycles. The van der Waals surface area contributed by atoms with E-state index in [0.29, 0.717) is 48.2 Å². The molecule has 1 N–H and O–H groups in total. The van der Waals surface area contributed by atoms with Crippen LogP contribution < -0.4 is 5.32 Å². The maximum absolute atomic E-state index is 12.7. The van der Waals surface area contributed by atoms with Crippen LogP contribution in [0, 0.1) is 6.92 Å². The van der Waals surface area contributed by atoms with Crippen LogP contribution in [0.1, 0.15) is 22.5 Å². The van der Waals surface area contributed by atoms with Crippen LogP contribution >= 0.6 is 11.6 Å². The normalized spacial score (nSPS) is 15.2. The van der Waals surface area contributed by atoms with Gasteiger partial charge in [0.25, 0.3) is 5.91 Å². The molecular weight excluding hydrogens is 316 g/mol. The van der Waals surface area contributed by atoms with E-state index in [4.69, 9.17) is 16.0 Å². The third kappa shape index (κ3) is 3.24. The average molecular weight is 333 g/mol. The van der Waals surface area contributed by atoms with Gasteiger partial charge in [-0.1, -0.05) is 23.7 Å². The molecule has 1 aromatic carbocycles. The number of furan rings is 1. The van der Waals surface area contributed by atoms with Crippen molar-refractivity contribution in [2.45, 2.75) is 13.3 Å². The third-order valence-corrected chi connectivity index (χ3v) is 4.22. The van der Waals surface area contributed by atoms with E-state index in [-0.39, 0.29) is 11.8 Å². The standard InChI is InChI=1S/C17H17ClN2O3/c1-11-13(17(22)20-8-6-16(21)19-7-9-20)10-15(23-11)12-4-2-3-5-14(12)18/h2-5,10H,6-9H2,1H3,(H,19,21). The summed E-state index contributed by atoms with van der Waals surface area (Å²) in [5.74, 6) is 0.968. The number of rotatable bonds is 2. The van der Waals surface area contributed by atoms with Gasteiger partial charge in [0.05, 0.1) is 10.6 Å². The first-order chi connectivity index (χ1) is 11.1. The van der Waals surface area contributed by atoms with Gasteiger partial charge in [-0.25, -0.2) is 0 Å². The lowest BCUT2D eigenvalue weighted by Gasteiger charge is -2.18. The van der Waals surface area contributed by atoms with Crippen LogP contribution in [0.4, 0.5) is 0 Å². The predicted octanol–water partition coefficient (Wildman–Crippen LogP) is 2.87. The van der Waals surface area contributed by atoms with Crippen molar-refractivity contribution in [1.29, 1.82) is 0 Å². The molecule has 1 aliphatic heterocycles. The van der Waals surface area contributed by atoms with Crippen LogP contribution in [-0.2, 0) is 4.79 Å². The Hall–Kier alpha value is -2.27. The molecular formula is C17H17ClN2O3. The van der Waals surface area contributed by atoms with Gasteiger partial charge in [-0.2, -0.15) is 0 Å². The number of amides is 2. The summed E-state index contributed by atoms with van der Waals surface area (Å²) in [5, 5.41) is 3.33. The number of nitrogens with zero attached hydrogens (tertiary/aromatic N) is 1. The fourth-order valence-electron chi connectivity index (χ4n) is 2.63. The summed E-state index contributed by atoms with van der Waals surface area (Å²) in [6.45, 7) is 3.14. The van der Waals surface area contributed by atoms with Crippen molar-refractivity contribution in [3.8, 4) is 11.3 Å². The Bertz CT molecular complexity index is 754. The van der Waals surface area contributed by atoms with Gasteiger partial charge < -0.3 is 14.6 Å². The smallest absolute Gasteiger partial charge is 0.257 e. The maximum atomic E-state index is 12.7. The van der Waals surface area contributed by atoms with Crippen molar-refractivity contribution in [3.63, 3.8) is 0 Å². The van der Waals surface area contributed by atoms with E-state index in [9.17, 15) is 9.59 Å². The average Bonchev–Trinajstić information content (AvgIpc) is 2.78. The van der Waals surface area contributed by atoms with Crippen molar-refractivity contribution in [1.82, 2.24) is 10.2 Å². The number of carbonyl (C=O) groups is 2. The van der Waals surface area contributed by atoms with Crippen LogP contribution in [-0.4, -0.2) is 36.3 Å². The monoisotopic (exact) mass is 332 g/mol. The highest BCUT2D eigenvalue weighted by Crippen LogP contribution is 2.31. The van der Waals surface area contributed by atoms with Crippen molar-refractivity contribution in [2.24, 2.45) is 0 Å². The minimum Gasteiger partial charge on any atom is -0.460 e. The van der Waals surface area contributed by atoms with Crippen LogP contribution in [0.5, 0.6) is 0 Å². The summed E-state index contributed by atoms with van der Waals surface area (Å²) in [6, 6.07) is 9.06. The lowest BCUT2D eigenvalue weighted by atomic mass is 10.1. The minimum atomic E-state index is -0.124. The Kier molecular flexibility index (Phi) is 4.39. The van der Waals surface area contributed by atoms with Crippen molar-refractivity contribution in [3.05, 3.63) is 46.7 Å². The molecule has 0 spiro atoms. The van der Waals surface area contributed by atoms with Crippen molar-refractivity contribution < 1.29 is 14.0 Å². The Labute approximate surface area is 139 Å². The summed E-state index contributed by atoms with van der Waals surface area (Å²) in [7, 11) is 0. The molecule has 0 unspecified atom stereocenters. The molecule has 0 atom stereocenters. The van der Waals surface area contributed by atoms with E-state index in [2.05, 4.69) is 5.32 Å². The topological polar surface area (TPSA) is 62.6 Å². The molecule has 1 aromatic heterocycles. The highest BCUT2D eigenvalue weighted by molar-refractivity contribution is 6.33. The molecule has 1 saturated heterocycles. The molecule has 1 fully saturated rings. The molecule has 2 heterocycles. The summed E-state index contributed by atoms with van der Waals surface area (Å²) in [4.78, 5) is 25.8. The van der Waals surface area contributed by atoms with Gasteiger partial charge in [0.1, 0.15) is 11.5 Å². The first-order valence-electron chi connectivity index (χ1n) is 7.47. The number of carbonyl (C=O) groups excluding carboxylic acids is 2. The third-order valence-electron chi connectivity index (χ3n) is 3.89. The molecule has 1 aliphatic rings. The number of aryl methyl sites for hydroxylation is 1. The van der Waals surface area contributed by atoms with E-state index < -0.39 is 0 Å². The maximum Gasteiger partial charge on any atom is 0.257 e. The number of hydrogen-bond acceptors (Lipinski definition) is 3. The summed E-state index contributed by atoms with van der Waals surface area (Å²) in [5.41, 5.74) is 1.26. The Morgan fingerprint density at radius 1 is 1.30 bits per heavy atom. The molecule has 2 amide bonds. The van der Waals surface area contributed by atoms with Crippen molar-refractivity contribution >= 4 is 23.4 Å². The van der Waals surface area contributed by atoms with E-state index in [1.807, 2.05) is 18.2 Å². The van der Waals surface area contributed by atoms with E-state index in [0.717, 1.165) is 5.56 Å². The molecule has 0 saturated carbocycles. The number of hydrogen-bond donors (Lipinski definition) is 1. The van der Waals surface area contributed by atoms with Gasteiger partial charge in [-0.05, 0) is 25.1 Å². The van der Waals surface area contributed by atoms with Gasteiger partial charge >= 0.3 is 0 Å². The predicted molar refractivity (Wildman–Crippen MR) is 87.4 cm³/mol. The molecule has 3 rings (SSSR count). The second kappa shape index (κ2) is 6.46. The Morgan fingerprint density at radius 2 is 2.09 bits per heavy atom. The number of benzene rings is 1. The second-order valence-corrected chi connectivity index (χ2v) is 5.86. The molecule has 23 heavy (non-hydrogen) atoms. The van der Waals surface area contributed by atoms with E-state index in [1.165, 1.54) is 0 Å². The summed E-state index contributed by atoms with van der Waals surface area (Å²) >= 11 is 6.19. The fraction of sp³-hybridized carbons (Fsp3) is 0.294. The quantitative estimate of drug-likeness (QED) is 0.919. The van der Waals surface area contributed by atoms with Gasteiger partial charge in [0.15, 0.2) is 0 Å². The molecule has 0 radical (unpaired) electrons. The number of halogens is 1. The zero-order chi connectivity index (χ0) is 16.4. The second-order valence-electron chi connectivity index (χ2n) is 5.45. The summed E-state index contributed by atoms with van der Waals surface area (Å²) < 4.78 is 5.73. The Balaban J connectivity index is 1.87. The SMILES string of the molecule is Cc1oc(-c2ccccc2Cl)cc1C(=O)N1CCNC(=O)CC1. The van der Waals surface area contributed by atoms with Gasteiger partial charge in [0, 0.05) is 31.6 Å². The fourth-order valence-corrected chi connectivity index (χ4v) is 2.86. The lowest BCUT2D eigenvalue weighted by Crippen LogP contribution is -2.34. The zero-order valence-electron chi connectivity index (χ0n) is 12.8. The van der Waals surface area contributed by atoms with Crippen LogP contribution in [0.2, 0.25) is 5.02 Å². The highest BCUT2D eigenvalue weighted by atomic mass is 35.5. The molecule has 5 nitrogen and oxygen atoms in total. The lowest BCUT2D eigenvalue weighted by molar-refractivity contribution is -0.120. The van der Waals surface area contributed by atoms with E-state index in [1.54, 1.807) is 24.0 Å². The first kappa shape index (κ1) is 15.6. The summed E-state index contributed by atoms with van der Waals surface area (Å²) in [6.07, 6.45) is 0.319. The zero-order valence-corrected chi connectivity index (χ0v) is 13.5. The van der Waals surface area contributed by atoms with Crippen molar-refractivity contribution in [2.75, 3.05) is 19.6 Å². The van der Waals surface area contributed by atoms with Gasteiger partial charge in [0.2, 0.25) is 5.91 Å². The van der Waals surface area contributed by atoms with E-state index >= 15 is 0 Å². The Morgan fingerprint density at radius 3 is 2.87 bits per heavy atom. The van der Waals surface area contributed by atoms with Gasteiger partial charge in [-0.3, -0.25) is 9.59 Å². The van der Waals surface area contributed by atoms with Crippen LogP contribution in [0.3, 0.4) is 0 Å². The highest BCUT2D eigenvalue weighted by Gasteiger charge is 2.24. The minimum absolute atomic E-state index is 0.0269. The molecule has 120 valence electrons. The van der Waals surface area contributed by atoms with Gasteiger partial charge in [-0.15, -0.1) is 0 Å².